The van der Waals surface area contributed by atoms with Crippen molar-refractivity contribution in [1.82, 2.24) is 10.6 Å². The van der Waals surface area contributed by atoms with Crippen LogP contribution in [0.25, 0.3) is 0 Å². The summed E-state index contributed by atoms with van der Waals surface area (Å²) in [7, 11) is 1.27. The number of rotatable bonds is 5. The van der Waals surface area contributed by atoms with E-state index >= 15 is 0 Å². The molecule has 0 spiro atoms. The predicted molar refractivity (Wildman–Crippen MR) is 122 cm³/mol. The number of nitrogens with one attached hydrogen (secondary N) is 2. The Morgan fingerprint density at radius 3 is 2.15 bits per heavy atom. The Hall–Kier alpha value is -3.92. The highest BCUT2D eigenvalue weighted by molar-refractivity contribution is 6.40. The van der Waals surface area contributed by atoms with Gasteiger partial charge in [-0.2, -0.15) is 0 Å². The van der Waals surface area contributed by atoms with Crippen molar-refractivity contribution in [1.29, 1.82) is 0 Å². The predicted octanol–water partition coefficient (Wildman–Crippen LogP) is 2.93. The molecule has 0 aliphatic carbocycles. The lowest BCUT2D eigenvalue weighted by atomic mass is 10.1. The standard InChI is InChI=1S/C23H22ClN3O7/c1-23(2,3)26-22(32)25-18(28)11-34-21(31)14-9-15(24)16(10-17(14)33-4)27-19(29)12-7-5-6-8-13(12)20(27)30/h5-10H,11H2,1-4H3,(H2,25,26,28,32). The molecule has 10 nitrogen and oxygen atoms in total. The monoisotopic (exact) mass is 487 g/mol. The summed E-state index contributed by atoms with van der Waals surface area (Å²) in [5.74, 6) is -2.97. The third-order valence-electron chi connectivity index (χ3n) is 4.60. The first-order valence-corrected chi connectivity index (χ1v) is 10.4. The maximum absolute atomic E-state index is 12.8. The number of fused-ring (bicyclic) bond motifs is 1. The summed E-state index contributed by atoms with van der Waals surface area (Å²) in [6.45, 7) is 4.47. The molecule has 0 saturated carbocycles. The number of hydrogen-bond acceptors (Lipinski definition) is 7. The number of esters is 1. The molecule has 0 aromatic heterocycles. The van der Waals surface area contributed by atoms with E-state index in [1.165, 1.54) is 31.4 Å². The number of ether oxygens (including phenoxy) is 2. The second kappa shape index (κ2) is 9.52. The van der Waals surface area contributed by atoms with Crippen LogP contribution in [0.15, 0.2) is 36.4 Å². The molecular formula is C23H22ClN3O7. The van der Waals surface area contributed by atoms with Crippen molar-refractivity contribution in [3.8, 4) is 5.75 Å². The van der Waals surface area contributed by atoms with Crippen LogP contribution in [0.1, 0.15) is 51.8 Å². The average Bonchev–Trinajstić information content (AvgIpc) is 3.01. The van der Waals surface area contributed by atoms with Crippen LogP contribution in [0.5, 0.6) is 5.75 Å². The van der Waals surface area contributed by atoms with E-state index in [-0.39, 0.29) is 33.1 Å². The van der Waals surface area contributed by atoms with Gasteiger partial charge in [-0.1, -0.05) is 23.7 Å². The highest BCUT2D eigenvalue weighted by atomic mass is 35.5. The highest BCUT2D eigenvalue weighted by Gasteiger charge is 2.38. The van der Waals surface area contributed by atoms with Gasteiger partial charge in [-0.05, 0) is 39.0 Å². The van der Waals surface area contributed by atoms with E-state index < -0.39 is 41.9 Å². The van der Waals surface area contributed by atoms with E-state index in [2.05, 4.69) is 5.32 Å². The Labute approximate surface area is 200 Å². The molecule has 0 fully saturated rings. The maximum Gasteiger partial charge on any atom is 0.342 e. The highest BCUT2D eigenvalue weighted by Crippen LogP contribution is 2.38. The first kappa shape index (κ1) is 24.7. The fourth-order valence-corrected chi connectivity index (χ4v) is 3.44. The van der Waals surface area contributed by atoms with Crippen molar-refractivity contribution in [2.75, 3.05) is 18.6 Å². The summed E-state index contributed by atoms with van der Waals surface area (Å²) in [6, 6.07) is 8.02. The first-order valence-electron chi connectivity index (χ1n) is 10.1. The van der Waals surface area contributed by atoms with Crippen molar-refractivity contribution >= 4 is 47.0 Å². The molecule has 1 heterocycles. The molecule has 34 heavy (non-hydrogen) atoms. The Kier molecular flexibility index (Phi) is 6.92. The van der Waals surface area contributed by atoms with Gasteiger partial charge in [-0.15, -0.1) is 0 Å². The minimum atomic E-state index is -0.959. The molecule has 3 rings (SSSR count). The minimum absolute atomic E-state index is 0.0258. The molecule has 1 aliphatic rings. The second-order valence-corrected chi connectivity index (χ2v) is 8.73. The van der Waals surface area contributed by atoms with Gasteiger partial charge in [0.1, 0.15) is 11.3 Å². The molecule has 178 valence electrons. The number of halogens is 1. The summed E-state index contributed by atoms with van der Waals surface area (Å²) in [5.41, 5.74) is -0.218. The number of benzene rings is 2. The number of amides is 5. The lowest BCUT2D eigenvalue weighted by Gasteiger charge is -2.20. The van der Waals surface area contributed by atoms with E-state index in [4.69, 9.17) is 21.1 Å². The molecule has 2 N–H and O–H groups in total. The zero-order valence-corrected chi connectivity index (χ0v) is 19.6. The van der Waals surface area contributed by atoms with Gasteiger partial charge in [0, 0.05) is 11.6 Å². The lowest BCUT2D eigenvalue weighted by molar-refractivity contribution is -0.123. The summed E-state index contributed by atoms with van der Waals surface area (Å²) < 4.78 is 10.2. The second-order valence-electron chi connectivity index (χ2n) is 8.32. The quantitative estimate of drug-likeness (QED) is 0.489. The van der Waals surface area contributed by atoms with E-state index in [9.17, 15) is 24.0 Å². The molecule has 2 aromatic rings. The molecule has 1 aliphatic heterocycles. The summed E-state index contributed by atoms with van der Waals surface area (Å²) in [6.07, 6.45) is 0. The zero-order valence-electron chi connectivity index (χ0n) is 18.9. The van der Waals surface area contributed by atoms with Crippen molar-refractivity contribution < 1.29 is 33.4 Å². The van der Waals surface area contributed by atoms with E-state index in [0.29, 0.717) is 0 Å². The Bertz CT molecular complexity index is 1170. The van der Waals surface area contributed by atoms with Crippen molar-refractivity contribution in [2.24, 2.45) is 0 Å². The number of nitrogens with zero attached hydrogens (tertiary/aromatic N) is 1. The van der Waals surface area contributed by atoms with Crippen LogP contribution >= 0.6 is 11.6 Å². The van der Waals surface area contributed by atoms with Crippen LogP contribution in [-0.2, 0) is 9.53 Å². The average molecular weight is 488 g/mol. The smallest absolute Gasteiger partial charge is 0.342 e. The van der Waals surface area contributed by atoms with Crippen LogP contribution in [-0.4, -0.2) is 49.0 Å². The minimum Gasteiger partial charge on any atom is -0.496 e. The van der Waals surface area contributed by atoms with Crippen LogP contribution in [0.3, 0.4) is 0 Å². The molecule has 0 atom stereocenters. The van der Waals surface area contributed by atoms with Crippen molar-refractivity contribution in [2.45, 2.75) is 26.3 Å². The fourth-order valence-electron chi connectivity index (χ4n) is 3.19. The molecule has 0 bridgehead atoms. The molecule has 2 aromatic carbocycles. The summed E-state index contributed by atoms with van der Waals surface area (Å²) in [5, 5.41) is 4.49. The van der Waals surface area contributed by atoms with E-state index in [1.54, 1.807) is 32.9 Å². The fraction of sp³-hybridized carbons (Fsp3) is 0.261. The number of carbonyl (C=O) groups is 5. The Morgan fingerprint density at radius 2 is 1.62 bits per heavy atom. The van der Waals surface area contributed by atoms with Gasteiger partial charge in [0.05, 0.1) is 28.9 Å². The van der Waals surface area contributed by atoms with Crippen LogP contribution in [0, 0.1) is 0 Å². The van der Waals surface area contributed by atoms with Crippen molar-refractivity contribution in [3.05, 3.63) is 58.1 Å². The topological polar surface area (TPSA) is 131 Å². The molecule has 5 amide bonds. The van der Waals surface area contributed by atoms with Gasteiger partial charge in [-0.25, -0.2) is 14.5 Å². The molecule has 0 saturated heterocycles. The SMILES string of the molecule is COc1cc(N2C(=O)c3ccccc3C2=O)c(Cl)cc1C(=O)OCC(=O)NC(=O)NC(C)(C)C. The molecular weight excluding hydrogens is 466 g/mol. The van der Waals surface area contributed by atoms with E-state index in [0.717, 1.165) is 4.90 Å². The molecule has 0 radical (unpaired) electrons. The number of hydrogen-bond donors (Lipinski definition) is 2. The molecule has 0 unspecified atom stereocenters. The first-order chi connectivity index (χ1) is 15.9. The van der Waals surface area contributed by atoms with Gasteiger partial charge < -0.3 is 14.8 Å². The van der Waals surface area contributed by atoms with Crippen LogP contribution in [0.4, 0.5) is 10.5 Å². The van der Waals surface area contributed by atoms with Gasteiger partial charge in [0.25, 0.3) is 17.7 Å². The summed E-state index contributed by atoms with van der Waals surface area (Å²) >= 11 is 6.31. The number of imide groups is 2. The number of anilines is 1. The van der Waals surface area contributed by atoms with Crippen molar-refractivity contribution in [3.63, 3.8) is 0 Å². The van der Waals surface area contributed by atoms with Gasteiger partial charge in [0.15, 0.2) is 6.61 Å². The third kappa shape index (κ3) is 5.18. The van der Waals surface area contributed by atoms with Crippen LogP contribution < -0.4 is 20.3 Å². The number of urea groups is 1. The Morgan fingerprint density at radius 1 is 1.03 bits per heavy atom. The summed E-state index contributed by atoms with van der Waals surface area (Å²) in [4.78, 5) is 62.6. The van der Waals surface area contributed by atoms with E-state index in [1.807, 2.05) is 5.32 Å². The zero-order chi connectivity index (χ0) is 25.2. The third-order valence-corrected chi connectivity index (χ3v) is 4.90. The lowest BCUT2D eigenvalue weighted by Crippen LogP contribution is -2.49. The van der Waals surface area contributed by atoms with Gasteiger partial charge in [-0.3, -0.25) is 19.7 Å². The molecule has 11 heteroatoms. The van der Waals surface area contributed by atoms with Gasteiger partial charge in [0.2, 0.25) is 0 Å². The maximum atomic E-state index is 12.8. The Balaban J connectivity index is 1.76. The van der Waals surface area contributed by atoms with Crippen LogP contribution in [0.2, 0.25) is 5.02 Å². The normalized spacial score (nSPS) is 12.8. The number of methoxy groups -OCH3 is 1. The number of carbonyl (C=O) groups excluding carboxylic acids is 5. The van der Waals surface area contributed by atoms with Gasteiger partial charge >= 0.3 is 12.0 Å². The largest absolute Gasteiger partial charge is 0.496 e.